The minimum absolute atomic E-state index is 0. The van der Waals surface area contributed by atoms with Crippen LogP contribution in [0.1, 0.15) is 16.7 Å². The van der Waals surface area contributed by atoms with Crippen molar-refractivity contribution in [2.45, 2.75) is 20.0 Å². The molecule has 0 unspecified atom stereocenters. The SMILES string of the molecule is COc1ccccc1CNCc1ccc(C)cc1.[Cl-]. The first-order valence-electron chi connectivity index (χ1n) is 6.18. The standard InChI is InChI=1S/C16H19NO.ClH/c1-13-7-9-14(10-8-13)11-17-12-15-5-3-4-6-16(15)18-2;/h3-10,17H,11-12H2,1-2H3;1H/p-1. The van der Waals surface area contributed by atoms with Crippen molar-refractivity contribution in [2.75, 3.05) is 7.11 Å². The van der Waals surface area contributed by atoms with Gasteiger partial charge in [-0.25, -0.2) is 0 Å². The van der Waals surface area contributed by atoms with Crippen LogP contribution < -0.4 is 22.5 Å². The predicted octanol–water partition coefficient (Wildman–Crippen LogP) is 0.297. The first-order valence-corrected chi connectivity index (χ1v) is 6.18. The minimum Gasteiger partial charge on any atom is -1.00 e. The molecule has 2 rings (SSSR count). The van der Waals surface area contributed by atoms with Crippen LogP contribution in [0.2, 0.25) is 0 Å². The molecule has 2 aromatic carbocycles. The Balaban J connectivity index is 0.00000180. The van der Waals surface area contributed by atoms with Crippen molar-refractivity contribution in [3.63, 3.8) is 0 Å². The van der Waals surface area contributed by atoms with E-state index in [4.69, 9.17) is 4.74 Å². The predicted molar refractivity (Wildman–Crippen MR) is 74.7 cm³/mol. The number of halogens is 1. The smallest absolute Gasteiger partial charge is 0.123 e. The molecule has 0 radical (unpaired) electrons. The molecule has 0 atom stereocenters. The van der Waals surface area contributed by atoms with E-state index in [0.717, 1.165) is 18.8 Å². The van der Waals surface area contributed by atoms with Gasteiger partial charge in [-0.3, -0.25) is 0 Å². The summed E-state index contributed by atoms with van der Waals surface area (Å²) in [6, 6.07) is 16.7. The molecule has 3 heteroatoms. The topological polar surface area (TPSA) is 21.3 Å². The fraction of sp³-hybridized carbons (Fsp3) is 0.250. The lowest BCUT2D eigenvalue weighted by atomic mass is 10.1. The third kappa shape index (κ3) is 4.58. The number of hydrogen-bond acceptors (Lipinski definition) is 2. The number of aryl methyl sites for hydroxylation is 1. The van der Waals surface area contributed by atoms with Gasteiger partial charge in [-0.2, -0.15) is 0 Å². The number of nitrogens with one attached hydrogen (secondary N) is 1. The molecule has 0 spiro atoms. The second-order valence-corrected chi connectivity index (χ2v) is 4.40. The maximum Gasteiger partial charge on any atom is 0.123 e. The second-order valence-electron chi connectivity index (χ2n) is 4.40. The Morgan fingerprint density at radius 1 is 0.947 bits per heavy atom. The van der Waals surface area contributed by atoms with Crippen LogP contribution in [0.15, 0.2) is 48.5 Å². The fourth-order valence-electron chi connectivity index (χ4n) is 1.90. The van der Waals surface area contributed by atoms with Crippen LogP contribution in [-0.2, 0) is 13.1 Å². The zero-order chi connectivity index (χ0) is 12.8. The fourth-order valence-corrected chi connectivity index (χ4v) is 1.90. The average Bonchev–Trinajstić information content (AvgIpc) is 2.41. The molecule has 2 nitrogen and oxygen atoms in total. The highest BCUT2D eigenvalue weighted by atomic mass is 35.5. The molecule has 102 valence electrons. The Kier molecular flexibility index (Phi) is 6.40. The van der Waals surface area contributed by atoms with Crippen molar-refractivity contribution in [3.8, 4) is 5.75 Å². The third-order valence-corrected chi connectivity index (χ3v) is 2.96. The summed E-state index contributed by atoms with van der Waals surface area (Å²) < 4.78 is 5.32. The van der Waals surface area contributed by atoms with E-state index in [1.807, 2.05) is 18.2 Å². The van der Waals surface area contributed by atoms with Gasteiger partial charge in [0, 0.05) is 18.7 Å². The van der Waals surface area contributed by atoms with Crippen molar-refractivity contribution in [1.29, 1.82) is 0 Å². The Morgan fingerprint density at radius 3 is 2.32 bits per heavy atom. The van der Waals surface area contributed by atoms with Crippen LogP contribution in [0.4, 0.5) is 0 Å². The monoisotopic (exact) mass is 276 g/mol. The third-order valence-electron chi connectivity index (χ3n) is 2.96. The molecule has 2 aromatic rings. The van der Waals surface area contributed by atoms with Gasteiger partial charge in [0.1, 0.15) is 5.75 Å². The Bertz CT molecular complexity index is 496. The van der Waals surface area contributed by atoms with Gasteiger partial charge in [0.25, 0.3) is 0 Å². The van der Waals surface area contributed by atoms with Crippen molar-refractivity contribution < 1.29 is 17.1 Å². The first-order chi connectivity index (χ1) is 8.79. The first kappa shape index (κ1) is 15.5. The molecule has 19 heavy (non-hydrogen) atoms. The molecule has 0 heterocycles. The molecule has 0 saturated carbocycles. The number of ether oxygens (including phenoxy) is 1. The van der Waals surface area contributed by atoms with Crippen molar-refractivity contribution >= 4 is 0 Å². The highest BCUT2D eigenvalue weighted by Gasteiger charge is 2.00. The van der Waals surface area contributed by atoms with Gasteiger partial charge < -0.3 is 22.5 Å². The maximum absolute atomic E-state index is 5.32. The second kappa shape index (κ2) is 7.82. The van der Waals surface area contributed by atoms with Crippen LogP contribution in [0, 0.1) is 6.92 Å². The largest absolute Gasteiger partial charge is 1.00 e. The van der Waals surface area contributed by atoms with Crippen LogP contribution >= 0.6 is 0 Å². The lowest BCUT2D eigenvalue weighted by molar-refractivity contribution is -0.00000405. The van der Waals surface area contributed by atoms with Crippen molar-refractivity contribution in [2.24, 2.45) is 0 Å². The van der Waals surface area contributed by atoms with Gasteiger partial charge in [-0.15, -0.1) is 0 Å². The van der Waals surface area contributed by atoms with Crippen molar-refractivity contribution in [3.05, 3.63) is 65.2 Å². The molecule has 0 bridgehead atoms. The highest BCUT2D eigenvalue weighted by molar-refractivity contribution is 5.33. The Morgan fingerprint density at radius 2 is 1.63 bits per heavy atom. The lowest BCUT2D eigenvalue weighted by Crippen LogP contribution is -3.00. The summed E-state index contributed by atoms with van der Waals surface area (Å²) in [5, 5.41) is 3.43. The number of benzene rings is 2. The molecule has 0 aromatic heterocycles. The summed E-state index contributed by atoms with van der Waals surface area (Å²) in [4.78, 5) is 0. The van der Waals surface area contributed by atoms with Gasteiger partial charge in [-0.1, -0.05) is 48.0 Å². The summed E-state index contributed by atoms with van der Waals surface area (Å²) in [6.07, 6.45) is 0. The molecule has 0 amide bonds. The zero-order valence-electron chi connectivity index (χ0n) is 11.3. The van der Waals surface area contributed by atoms with Gasteiger partial charge in [-0.05, 0) is 18.6 Å². The zero-order valence-corrected chi connectivity index (χ0v) is 12.1. The van der Waals surface area contributed by atoms with Gasteiger partial charge in [0.2, 0.25) is 0 Å². The van der Waals surface area contributed by atoms with Crippen LogP contribution in [0.5, 0.6) is 5.75 Å². The minimum atomic E-state index is 0. The Hall–Kier alpha value is -1.51. The van der Waals surface area contributed by atoms with E-state index < -0.39 is 0 Å². The molecule has 1 N–H and O–H groups in total. The van der Waals surface area contributed by atoms with E-state index in [-0.39, 0.29) is 12.4 Å². The van der Waals surface area contributed by atoms with E-state index in [0.29, 0.717) is 0 Å². The number of para-hydroxylation sites is 1. The summed E-state index contributed by atoms with van der Waals surface area (Å²) in [5.41, 5.74) is 3.78. The van der Waals surface area contributed by atoms with Crippen LogP contribution in [0.25, 0.3) is 0 Å². The molecule has 0 aliphatic carbocycles. The normalized spacial score (nSPS) is 9.79. The molecule has 0 saturated heterocycles. The number of rotatable bonds is 5. The molecule has 0 fully saturated rings. The summed E-state index contributed by atoms with van der Waals surface area (Å²) >= 11 is 0. The summed E-state index contributed by atoms with van der Waals surface area (Å²) in [7, 11) is 1.71. The number of hydrogen-bond donors (Lipinski definition) is 1. The van der Waals surface area contributed by atoms with E-state index in [1.54, 1.807) is 7.11 Å². The number of methoxy groups -OCH3 is 1. The van der Waals surface area contributed by atoms with Gasteiger partial charge in [0.05, 0.1) is 7.11 Å². The van der Waals surface area contributed by atoms with Crippen LogP contribution in [-0.4, -0.2) is 7.11 Å². The van der Waals surface area contributed by atoms with E-state index in [2.05, 4.69) is 42.6 Å². The Labute approximate surface area is 121 Å². The van der Waals surface area contributed by atoms with Gasteiger partial charge in [0.15, 0.2) is 0 Å². The quantitative estimate of drug-likeness (QED) is 0.848. The maximum atomic E-state index is 5.32. The molecule has 0 aliphatic heterocycles. The van der Waals surface area contributed by atoms with E-state index in [9.17, 15) is 0 Å². The van der Waals surface area contributed by atoms with E-state index in [1.165, 1.54) is 16.7 Å². The summed E-state index contributed by atoms with van der Waals surface area (Å²) in [6.45, 7) is 3.79. The summed E-state index contributed by atoms with van der Waals surface area (Å²) in [5.74, 6) is 0.939. The molecular formula is C16H19ClNO-. The average molecular weight is 277 g/mol. The highest BCUT2D eigenvalue weighted by Crippen LogP contribution is 2.16. The molecular weight excluding hydrogens is 258 g/mol. The van der Waals surface area contributed by atoms with Gasteiger partial charge >= 0.3 is 0 Å². The van der Waals surface area contributed by atoms with Crippen LogP contribution in [0.3, 0.4) is 0 Å². The van der Waals surface area contributed by atoms with Crippen molar-refractivity contribution in [1.82, 2.24) is 5.32 Å². The van der Waals surface area contributed by atoms with E-state index >= 15 is 0 Å². The lowest BCUT2D eigenvalue weighted by Gasteiger charge is -2.09. The molecule has 0 aliphatic rings.